The van der Waals surface area contributed by atoms with Gasteiger partial charge in [0.2, 0.25) is 10.0 Å². The number of rotatable bonds is 10. The molecule has 0 radical (unpaired) electrons. The second kappa shape index (κ2) is 9.15. The van der Waals surface area contributed by atoms with Crippen LogP contribution in [-0.2, 0) is 16.6 Å². The van der Waals surface area contributed by atoms with Crippen LogP contribution in [0.5, 0.6) is 0 Å². The standard InChI is InChI=1S/C14H26N2O2S3/c1-5-15-9-13-14(11(3)10-20-13)21(17,18)16-12(4)7-8-19-6-2/h10,12,15-16H,5-9H2,1-4H3. The van der Waals surface area contributed by atoms with E-state index in [1.807, 2.05) is 37.9 Å². The number of hydrogen-bond donors (Lipinski definition) is 2. The van der Waals surface area contributed by atoms with Gasteiger partial charge in [-0.25, -0.2) is 13.1 Å². The first-order chi connectivity index (χ1) is 9.92. The highest BCUT2D eigenvalue weighted by molar-refractivity contribution is 7.99. The van der Waals surface area contributed by atoms with Crippen LogP contribution in [-0.4, -0.2) is 32.5 Å². The van der Waals surface area contributed by atoms with Crippen LogP contribution in [0.1, 0.15) is 37.6 Å². The van der Waals surface area contributed by atoms with Gasteiger partial charge in [0.05, 0.1) is 0 Å². The Morgan fingerprint density at radius 1 is 1.38 bits per heavy atom. The third kappa shape index (κ3) is 5.90. The van der Waals surface area contributed by atoms with E-state index >= 15 is 0 Å². The van der Waals surface area contributed by atoms with Gasteiger partial charge in [0.1, 0.15) is 4.90 Å². The highest BCUT2D eigenvalue weighted by Gasteiger charge is 2.24. The summed E-state index contributed by atoms with van der Waals surface area (Å²) in [4.78, 5) is 1.35. The Hall–Kier alpha value is -0.0800. The number of thiophene rings is 1. The van der Waals surface area contributed by atoms with E-state index in [2.05, 4.69) is 17.0 Å². The van der Waals surface area contributed by atoms with Gasteiger partial charge in [-0.1, -0.05) is 13.8 Å². The topological polar surface area (TPSA) is 58.2 Å². The highest BCUT2D eigenvalue weighted by atomic mass is 32.2. The second-order valence-electron chi connectivity index (χ2n) is 4.96. The van der Waals surface area contributed by atoms with E-state index in [1.165, 1.54) is 11.3 Å². The molecule has 0 spiro atoms. The van der Waals surface area contributed by atoms with E-state index in [9.17, 15) is 8.42 Å². The largest absolute Gasteiger partial charge is 0.312 e. The van der Waals surface area contributed by atoms with Gasteiger partial charge in [-0.05, 0) is 49.3 Å². The number of hydrogen-bond acceptors (Lipinski definition) is 5. The minimum atomic E-state index is -3.43. The Labute approximate surface area is 137 Å². The lowest BCUT2D eigenvalue weighted by atomic mass is 10.3. The fourth-order valence-electron chi connectivity index (χ4n) is 2.00. The minimum Gasteiger partial charge on any atom is -0.312 e. The van der Waals surface area contributed by atoms with Gasteiger partial charge in [0, 0.05) is 17.5 Å². The molecule has 0 aliphatic heterocycles. The van der Waals surface area contributed by atoms with Gasteiger partial charge in [-0.2, -0.15) is 11.8 Å². The molecular formula is C14H26N2O2S3. The molecule has 0 aromatic carbocycles. The zero-order valence-corrected chi connectivity index (χ0v) is 15.7. The van der Waals surface area contributed by atoms with Crippen molar-refractivity contribution in [1.29, 1.82) is 0 Å². The van der Waals surface area contributed by atoms with Crippen molar-refractivity contribution in [3.8, 4) is 0 Å². The summed E-state index contributed by atoms with van der Waals surface area (Å²) in [6.45, 7) is 9.35. The first-order valence-corrected chi connectivity index (χ1v) is 10.8. The Morgan fingerprint density at radius 2 is 2.10 bits per heavy atom. The molecule has 1 rings (SSSR count). The summed E-state index contributed by atoms with van der Waals surface area (Å²) in [6, 6.07) is -0.0414. The average molecular weight is 351 g/mol. The van der Waals surface area contributed by atoms with Crippen LogP contribution in [0, 0.1) is 6.92 Å². The maximum atomic E-state index is 12.6. The molecule has 1 aromatic heterocycles. The molecule has 0 fully saturated rings. The Morgan fingerprint density at radius 3 is 2.71 bits per heavy atom. The molecule has 0 aliphatic rings. The van der Waals surface area contributed by atoms with Crippen LogP contribution in [0.2, 0.25) is 0 Å². The summed E-state index contributed by atoms with van der Waals surface area (Å²) in [5.74, 6) is 2.04. The van der Waals surface area contributed by atoms with Crippen LogP contribution in [0.3, 0.4) is 0 Å². The summed E-state index contributed by atoms with van der Waals surface area (Å²) in [5, 5.41) is 5.12. The predicted molar refractivity (Wildman–Crippen MR) is 93.8 cm³/mol. The Bertz CT molecular complexity index is 526. The van der Waals surface area contributed by atoms with E-state index in [1.54, 1.807) is 0 Å². The van der Waals surface area contributed by atoms with Gasteiger partial charge < -0.3 is 5.32 Å². The zero-order valence-electron chi connectivity index (χ0n) is 13.2. The third-order valence-corrected chi connectivity index (χ3v) is 7.03. The predicted octanol–water partition coefficient (Wildman–Crippen LogP) is 2.98. The van der Waals surface area contributed by atoms with Crippen molar-refractivity contribution in [2.45, 2.75) is 51.6 Å². The number of sulfonamides is 1. The molecule has 1 atom stereocenters. The smallest absolute Gasteiger partial charge is 0.242 e. The lowest BCUT2D eigenvalue weighted by Crippen LogP contribution is -2.34. The van der Waals surface area contributed by atoms with Crippen LogP contribution < -0.4 is 10.0 Å². The summed E-state index contributed by atoms with van der Waals surface area (Å²) < 4.78 is 28.0. The molecule has 1 heterocycles. The van der Waals surface area contributed by atoms with Crippen molar-refractivity contribution >= 4 is 33.1 Å². The molecule has 0 bridgehead atoms. The molecule has 0 aliphatic carbocycles. The van der Waals surface area contributed by atoms with E-state index in [-0.39, 0.29) is 6.04 Å². The maximum Gasteiger partial charge on any atom is 0.242 e. The van der Waals surface area contributed by atoms with Crippen molar-refractivity contribution in [3.63, 3.8) is 0 Å². The molecule has 0 saturated heterocycles. The zero-order chi connectivity index (χ0) is 15.9. The van der Waals surface area contributed by atoms with E-state index in [0.29, 0.717) is 11.4 Å². The molecule has 122 valence electrons. The maximum absolute atomic E-state index is 12.6. The summed E-state index contributed by atoms with van der Waals surface area (Å²) in [7, 11) is -3.43. The van der Waals surface area contributed by atoms with E-state index in [4.69, 9.17) is 0 Å². The van der Waals surface area contributed by atoms with E-state index < -0.39 is 10.0 Å². The van der Waals surface area contributed by atoms with Gasteiger partial charge in [-0.15, -0.1) is 11.3 Å². The molecule has 0 saturated carbocycles. The third-order valence-electron chi connectivity index (χ3n) is 3.05. The lowest BCUT2D eigenvalue weighted by molar-refractivity contribution is 0.555. The van der Waals surface area contributed by atoms with Gasteiger partial charge >= 0.3 is 0 Å². The summed E-state index contributed by atoms with van der Waals surface area (Å²) >= 11 is 3.34. The number of nitrogens with one attached hydrogen (secondary N) is 2. The van der Waals surface area contributed by atoms with E-state index in [0.717, 1.165) is 34.9 Å². The van der Waals surface area contributed by atoms with Crippen LogP contribution in [0.15, 0.2) is 10.3 Å². The highest BCUT2D eigenvalue weighted by Crippen LogP contribution is 2.27. The number of aryl methyl sites for hydroxylation is 1. The van der Waals surface area contributed by atoms with Crippen molar-refractivity contribution in [1.82, 2.24) is 10.0 Å². The van der Waals surface area contributed by atoms with Crippen molar-refractivity contribution < 1.29 is 8.42 Å². The first-order valence-electron chi connectivity index (χ1n) is 7.30. The molecule has 0 amide bonds. The van der Waals surface area contributed by atoms with Crippen LogP contribution in [0.4, 0.5) is 0 Å². The van der Waals surface area contributed by atoms with Crippen molar-refractivity contribution in [2.24, 2.45) is 0 Å². The monoisotopic (exact) mass is 350 g/mol. The molecule has 1 unspecified atom stereocenters. The van der Waals surface area contributed by atoms with Gasteiger partial charge in [0.15, 0.2) is 0 Å². The van der Waals surface area contributed by atoms with Crippen LogP contribution >= 0.6 is 23.1 Å². The molecule has 4 nitrogen and oxygen atoms in total. The average Bonchev–Trinajstić information content (AvgIpc) is 2.78. The molecule has 21 heavy (non-hydrogen) atoms. The first kappa shape index (κ1) is 19.0. The van der Waals surface area contributed by atoms with Crippen molar-refractivity contribution in [2.75, 3.05) is 18.1 Å². The lowest BCUT2D eigenvalue weighted by Gasteiger charge is -2.15. The Balaban J connectivity index is 2.80. The normalized spacial score (nSPS) is 13.5. The van der Waals surface area contributed by atoms with Crippen LogP contribution in [0.25, 0.3) is 0 Å². The molecular weight excluding hydrogens is 324 g/mol. The minimum absolute atomic E-state index is 0.0414. The SMILES string of the molecule is CCNCc1scc(C)c1S(=O)(=O)NC(C)CCSCC. The Kier molecular flexibility index (Phi) is 8.26. The number of thioether (sulfide) groups is 1. The van der Waals surface area contributed by atoms with Gasteiger partial charge in [0.25, 0.3) is 0 Å². The molecule has 2 N–H and O–H groups in total. The van der Waals surface area contributed by atoms with Gasteiger partial charge in [-0.3, -0.25) is 0 Å². The fourth-order valence-corrected chi connectivity index (χ4v) is 5.86. The van der Waals surface area contributed by atoms with Crippen molar-refractivity contribution in [3.05, 3.63) is 15.8 Å². The summed E-state index contributed by atoms with van der Waals surface area (Å²) in [6.07, 6.45) is 0.851. The molecule has 7 heteroatoms. The fraction of sp³-hybridized carbons (Fsp3) is 0.714. The second-order valence-corrected chi connectivity index (χ2v) is 8.97. The molecule has 1 aromatic rings. The summed E-state index contributed by atoms with van der Waals surface area (Å²) in [5.41, 5.74) is 0.829. The quantitative estimate of drug-likeness (QED) is 0.637.